The molecule has 5 rings (SSSR count). The standard InChI is InChI=1S/C20H24N4O2/c25-19(6-3-14-1-2-14)22-9-16-11-23(12-17(16)10-22)20(26)15-4-5-18-7-21-13-24(18)8-15/h3,6-7,13-15H,1-2,4-5,8-12H2/b6-3+. The van der Waals surface area contributed by atoms with Crippen LogP contribution in [0.15, 0.2) is 35.8 Å². The van der Waals surface area contributed by atoms with E-state index in [1.54, 1.807) is 6.08 Å². The van der Waals surface area contributed by atoms with Crippen molar-refractivity contribution in [1.82, 2.24) is 19.4 Å². The van der Waals surface area contributed by atoms with E-state index in [0.717, 1.165) is 19.4 Å². The number of hydrogen-bond acceptors (Lipinski definition) is 3. The molecule has 1 fully saturated rings. The van der Waals surface area contributed by atoms with Crippen LogP contribution in [0.4, 0.5) is 0 Å². The molecule has 0 saturated heterocycles. The maximum absolute atomic E-state index is 12.9. The number of carbonyl (C=O) groups excluding carboxylic acids is 2. The van der Waals surface area contributed by atoms with Gasteiger partial charge in [-0.1, -0.05) is 6.08 Å². The zero-order chi connectivity index (χ0) is 17.7. The van der Waals surface area contributed by atoms with E-state index < -0.39 is 0 Å². The average molecular weight is 352 g/mol. The number of amides is 2. The Hall–Kier alpha value is -2.37. The van der Waals surface area contributed by atoms with Crippen molar-refractivity contribution < 1.29 is 9.59 Å². The predicted molar refractivity (Wildman–Crippen MR) is 96.1 cm³/mol. The fourth-order valence-corrected chi connectivity index (χ4v) is 4.34. The third-order valence-electron chi connectivity index (χ3n) is 6.10. The van der Waals surface area contributed by atoms with Crippen molar-refractivity contribution >= 4 is 11.8 Å². The second-order valence-corrected chi connectivity index (χ2v) is 8.07. The summed E-state index contributed by atoms with van der Waals surface area (Å²) < 4.78 is 2.11. The summed E-state index contributed by atoms with van der Waals surface area (Å²) in [6, 6.07) is 0. The van der Waals surface area contributed by atoms with E-state index >= 15 is 0 Å². The minimum absolute atomic E-state index is 0.0518. The van der Waals surface area contributed by atoms with E-state index in [-0.39, 0.29) is 17.7 Å². The van der Waals surface area contributed by atoms with Gasteiger partial charge in [0.1, 0.15) is 0 Å². The van der Waals surface area contributed by atoms with Crippen LogP contribution in [0.2, 0.25) is 0 Å². The normalized spacial score (nSPS) is 25.2. The highest BCUT2D eigenvalue weighted by atomic mass is 16.2. The molecule has 2 amide bonds. The van der Waals surface area contributed by atoms with E-state index in [1.807, 2.05) is 22.3 Å². The molecule has 4 heterocycles. The molecule has 0 spiro atoms. The van der Waals surface area contributed by atoms with Crippen LogP contribution in [0, 0.1) is 11.8 Å². The van der Waals surface area contributed by atoms with Gasteiger partial charge in [-0.3, -0.25) is 9.59 Å². The summed E-state index contributed by atoms with van der Waals surface area (Å²) in [5.41, 5.74) is 3.76. The highest BCUT2D eigenvalue weighted by Gasteiger charge is 2.36. The number of imidazole rings is 1. The molecule has 0 N–H and O–H groups in total. The Morgan fingerprint density at radius 2 is 1.77 bits per heavy atom. The first-order valence-electron chi connectivity index (χ1n) is 9.62. The number of aromatic nitrogens is 2. The van der Waals surface area contributed by atoms with Gasteiger partial charge in [-0.05, 0) is 48.8 Å². The van der Waals surface area contributed by atoms with Gasteiger partial charge in [0.15, 0.2) is 0 Å². The molecule has 0 bridgehead atoms. The van der Waals surface area contributed by atoms with Gasteiger partial charge in [-0.15, -0.1) is 0 Å². The van der Waals surface area contributed by atoms with Crippen molar-refractivity contribution in [3.8, 4) is 0 Å². The van der Waals surface area contributed by atoms with Gasteiger partial charge in [-0.2, -0.15) is 0 Å². The number of hydrogen-bond donors (Lipinski definition) is 0. The summed E-state index contributed by atoms with van der Waals surface area (Å²) in [6.45, 7) is 3.49. The highest BCUT2D eigenvalue weighted by Crippen LogP contribution is 2.31. The van der Waals surface area contributed by atoms with E-state index in [4.69, 9.17) is 0 Å². The van der Waals surface area contributed by atoms with Gasteiger partial charge < -0.3 is 14.4 Å². The Bertz CT molecular complexity index is 800. The van der Waals surface area contributed by atoms with Gasteiger partial charge in [0.2, 0.25) is 11.8 Å². The lowest BCUT2D eigenvalue weighted by Crippen LogP contribution is -2.41. The third kappa shape index (κ3) is 2.87. The van der Waals surface area contributed by atoms with E-state index in [2.05, 4.69) is 15.6 Å². The van der Waals surface area contributed by atoms with Crippen molar-refractivity contribution in [2.75, 3.05) is 26.2 Å². The molecule has 6 heteroatoms. The van der Waals surface area contributed by atoms with Crippen LogP contribution >= 0.6 is 0 Å². The maximum atomic E-state index is 12.9. The summed E-state index contributed by atoms with van der Waals surface area (Å²) in [7, 11) is 0. The van der Waals surface area contributed by atoms with Crippen LogP contribution < -0.4 is 0 Å². The quantitative estimate of drug-likeness (QED) is 0.610. The minimum atomic E-state index is 0.0518. The molecule has 1 aromatic heterocycles. The van der Waals surface area contributed by atoms with Crippen LogP contribution in [0.3, 0.4) is 0 Å². The SMILES string of the molecule is O=C(/C=C/C1CC1)N1CC2=C(C1)CN(C(=O)C1CCc3cncn3C1)C2. The van der Waals surface area contributed by atoms with Gasteiger partial charge in [0.25, 0.3) is 0 Å². The fourth-order valence-electron chi connectivity index (χ4n) is 4.34. The zero-order valence-electron chi connectivity index (χ0n) is 14.9. The van der Waals surface area contributed by atoms with Crippen molar-refractivity contribution in [3.05, 3.63) is 41.5 Å². The number of rotatable bonds is 3. The summed E-state index contributed by atoms with van der Waals surface area (Å²) in [5, 5.41) is 0. The summed E-state index contributed by atoms with van der Waals surface area (Å²) in [4.78, 5) is 33.3. The second-order valence-electron chi connectivity index (χ2n) is 8.07. The second kappa shape index (κ2) is 6.11. The highest BCUT2D eigenvalue weighted by molar-refractivity contribution is 5.89. The number of allylic oxidation sites excluding steroid dienone is 1. The monoisotopic (exact) mass is 352 g/mol. The average Bonchev–Trinajstić information content (AvgIpc) is 3.04. The molecular weight excluding hydrogens is 328 g/mol. The largest absolute Gasteiger partial charge is 0.334 e. The summed E-state index contributed by atoms with van der Waals surface area (Å²) in [6.07, 6.45) is 11.8. The molecule has 136 valence electrons. The number of nitrogens with zero attached hydrogens (tertiary/aromatic N) is 4. The predicted octanol–water partition coefficient (Wildman–Crippen LogP) is 1.39. The van der Waals surface area contributed by atoms with Gasteiger partial charge in [-0.25, -0.2) is 4.98 Å². The molecule has 0 aromatic carbocycles. The molecule has 26 heavy (non-hydrogen) atoms. The number of fused-ring (bicyclic) bond motifs is 1. The molecule has 0 radical (unpaired) electrons. The molecule has 4 aliphatic rings. The summed E-state index contributed by atoms with van der Waals surface area (Å²) in [5.74, 6) is 1.05. The van der Waals surface area contributed by atoms with E-state index in [0.29, 0.717) is 32.1 Å². The fraction of sp³-hybridized carbons (Fsp3) is 0.550. The maximum Gasteiger partial charge on any atom is 0.246 e. The smallest absolute Gasteiger partial charge is 0.246 e. The first kappa shape index (κ1) is 15.9. The molecular formula is C20H24N4O2. The Kier molecular flexibility index (Phi) is 3.72. The lowest BCUT2D eigenvalue weighted by atomic mass is 9.96. The minimum Gasteiger partial charge on any atom is -0.334 e. The molecule has 1 unspecified atom stereocenters. The van der Waals surface area contributed by atoms with Gasteiger partial charge >= 0.3 is 0 Å². The van der Waals surface area contributed by atoms with E-state index in [9.17, 15) is 9.59 Å². The molecule has 1 aromatic rings. The molecule has 3 aliphatic heterocycles. The molecule has 6 nitrogen and oxygen atoms in total. The van der Waals surface area contributed by atoms with Crippen LogP contribution in [0.1, 0.15) is 25.0 Å². The molecule has 1 atom stereocenters. The van der Waals surface area contributed by atoms with Crippen molar-refractivity contribution in [1.29, 1.82) is 0 Å². The van der Waals surface area contributed by atoms with Crippen molar-refractivity contribution in [2.24, 2.45) is 11.8 Å². The van der Waals surface area contributed by atoms with Crippen molar-refractivity contribution in [2.45, 2.75) is 32.2 Å². The lowest BCUT2D eigenvalue weighted by molar-refractivity contribution is -0.135. The third-order valence-corrected chi connectivity index (χ3v) is 6.10. The summed E-state index contributed by atoms with van der Waals surface area (Å²) >= 11 is 0. The number of aryl methyl sites for hydroxylation is 1. The van der Waals surface area contributed by atoms with Gasteiger partial charge in [0, 0.05) is 44.6 Å². The first-order chi connectivity index (χ1) is 12.7. The van der Waals surface area contributed by atoms with E-state index in [1.165, 1.54) is 29.7 Å². The first-order valence-corrected chi connectivity index (χ1v) is 9.62. The Balaban J connectivity index is 1.17. The lowest BCUT2D eigenvalue weighted by Gasteiger charge is -2.29. The molecule has 1 aliphatic carbocycles. The van der Waals surface area contributed by atoms with Crippen LogP contribution in [0.25, 0.3) is 0 Å². The number of carbonyl (C=O) groups is 2. The Morgan fingerprint density at radius 3 is 2.50 bits per heavy atom. The Labute approximate surface area is 153 Å². The Morgan fingerprint density at radius 1 is 1.04 bits per heavy atom. The van der Waals surface area contributed by atoms with Crippen LogP contribution in [0.5, 0.6) is 0 Å². The molecule has 1 saturated carbocycles. The van der Waals surface area contributed by atoms with Crippen LogP contribution in [-0.4, -0.2) is 57.3 Å². The van der Waals surface area contributed by atoms with Crippen LogP contribution in [-0.2, 0) is 22.6 Å². The topological polar surface area (TPSA) is 58.4 Å². The van der Waals surface area contributed by atoms with Gasteiger partial charge in [0.05, 0.1) is 12.2 Å². The zero-order valence-corrected chi connectivity index (χ0v) is 14.9. The van der Waals surface area contributed by atoms with Crippen molar-refractivity contribution in [3.63, 3.8) is 0 Å².